The van der Waals surface area contributed by atoms with Crippen LogP contribution in [-0.4, -0.2) is 27.8 Å². The van der Waals surface area contributed by atoms with Gasteiger partial charge in [-0.25, -0.2) is 0 Å². The molecule has 0 bridgehead atoms. The fraction of sp³-hybridized carbons (Fsp3) is 0.154. The molecule has 0 aliphatic rings. The molecule has 0 radical (unpaired) electrons. The largest absolute Gasteiger partial charge is 0.335 e. The van der Waals surface area contributed by atoms with Gasteiger partial charge < -0.3 is 9.88 Å². The number of pyridine rings is 2. The molecule has 2 aromatic rings. The number of hydrogen-bond donors (Lipinski definition) is 1. The third kappa shape index (κ3) is 2.82. The lowest BCUT2D eigenvalue weighted by Gasteiger charge is -2.16. The van der Waals surface area contributed by atoms with E-state index >= 15 is 0 Å². The summed E-state index contributed by atoms with van der Waals surface area (Å²) in [6.07, 6.45) is 1.68. The van der Waals surface area contributed by atoms with Crippen LogP contribution in [-0.2, 0) is 6.54 Å². The summed E-state index contributed by atoms with van der Waals surface area (Å²) in [5, 5.41) is 0. The van der Waals surface area contributed by atoms with E-state index in [1.807, 2.05) is 18.2 Å². The van der Waals surface area contributed by atoms with E-state index in [0.29, 0.717) is 6.54 Å². The molecule has 0 saturated carbocycles. The van der Waals surface area contributed by atoms with Gasteiger partial charge in [0.25, 0.3) is 5.91 Å². The highest BCUT2D eigenvalue weighted by Crippen LogP contribution is 2.03. The zero-order chi connectivity index (χ0) is 13.0. The Hall–Kier alpha value is -2.43. The first-order chi connectivity index (χ1) is 8.66. The van der Waals surface area contributed by atoms with Crippen LogP contribution in [0, 0.1) is 0 Å². The van der Waals surface area contributed by atoms with Crippen LogP contribution in [0.4, 0.5) is 0 Å². The summed E-state index contributed by atoms with van der Waals surface area (Å²) in [5.74, 6) is -0.238. The Labute approximate surface area is 104 Å². The molecule has 0 aliphatic heterocycles. The minimum Gasteiger partial charge on any atom is -0.335 e. The maximum Gasteiger partial charge on any atom is 0.270 e. The summed E-state index contributed by atoms with van der Waals surface area (Å²) in [5.41, 5.74) is 0.791. The molecule has 0 aromatic carbocycles. The molecular formula is C13H13N3O2. The molecule has 2 rings (SSSR count). The van der Waals surface area contributed by atoms with Crippen molar-refractivity contribution in [1.29, 1.82) is 0 Å². The number of H-pyrrole nitrogens is 1. The molecular weight excluding hydrogens is 230 g/mol. The van der Waals surface area contributed by atoms with Crippen LogP contribution in [0.25, 0.3) is 0 Å². The van der Waals surface area contributed by atoms with Gasteiger partial charge in [0.15, 0.2) is 0 Å². The van der Waals surface area contributed by atoms with Gasteiger partial charge in [0.1, 0.15) is 5.69 Å². The Morgan fingerprint density at radius 1 is 1.28 bits per heavy atom. The molecule has 1 amide bonds. The summed E-state index contributed by atoms with van der Waals surface area (Å²) < 4.78 is 0. The molecule has 5 nitrogen and oxygen atoms in total. The molecule has 0 aliphatic carbocycles. The van der Waals surface area contributed by atoms with Gasteiger partial charge in [0.2, 0.25) is 5.56 Å². The third-order valence-electron chi connectivity index (χ3n) is 2.47. The average Bonchev–Trinajstić information content (AvgIpc) is 2.39. The average molecular weight is 243 g/mol. The Bertz CT molecular complexity index is 592. The van der Waals surface area contributed by atoms with Crippen molar-refractivity contribution in [2.45, 2.75) is 6.54 Å². The highest BCUT2D eigenvalue weighted by atomic mass is 16.2. The van der Waals surface area contributed by atoms with Gasteiger partial charge in [0, 0.05) is 19.3 Å². The van der Waals surface area contributed by atoms with Crippen molar-refractivity contribution in [2.24, 2.45) is 0 Å². The Morgan fingerprint density at radius 2 is 2.11 bits per heavy atom. The lowest BCUT2D eigenvalue weighted by Crippen LogP contribution is -2.28. The lowest BCUT2D eigenvalue weighted by atomic mass is 10.3. The first-order valence-corrected chi connectivity index (χ1v) is 5.51. The monoisotopic (exact) mass is 243 g/mol. The van der Waals surface area contributed by atoms with Gasteiger partial charge in [-0.2, -0.15) is 0 Å². The van der Waals surface area contributed by atoms with E-state index in [0.717, 1.165) is 5.69 Å². The Balaban J connectivity index is 2.12. The summed E-state index contributed by atoms with van der Waals surface area (Å²) in [6.45, 7) is 0.399. The van der Waals surface area contributed by atoms with E-state index in [4.69, 9.17) is 0 Å². The second kappa shape index (κ2) is 5.27. The Kier molecular flexibility index (Phi) is 3.52. The minimum atomic E-state index is -0.285. The van der Waals surface area contributed by atoms with Crippen molar-refractivity contribution >= 4 is 5.91 Å². The molecule has 0 unspecified atom stereocenters. The molecule has 0 fully saturated rings. The highest BCUT2D eigenvalue weighted by molar-refractivity contribution is 5.91. The van der Waals surface area contributed by atoms with Crippen molar-refractivity contribution in [1.82, 2.24) is 14.9 Å². The normalized spacial score (nSPS) is 10.1. The summed E-state index contributed by atoms with van der Waals surface area (Å²) >= 11 is 0. The summed E-state index contributed by atoms with van der Waals surface area (Å²) in [4.78, 5) is 31.3. The second-order valence-corrected chi connectivity index (χ2v) is 3.91. The predicted octanol–water partition coefficient (Wildman–Crippen LogP) is 1.04. The third-order valence-corrected chi connectivity index (χ3v) is 2.47. The first-order valence-electron chi connectivity index (χ1n) is 5.51. The Morgan fingerprint density at radius 3 is 2.78 bits per heavy atom. The van der Waals surface area contributed by atoms with E-state index in [2.05, 4.69) is 9.97 Å². The zero-order valence-electron chi connectivity index (χ0n) is 9.96. The van der Waals surface area contributed by atoms with E-state index < -0.39 is 0 Å². The highest BCUT2D eigenvalue weighted by Gasteiger charge is 2.12. The van der Waals surface area contributed by atoms with Gasteiger partial charge in [0.05, 0.1) is 12.2 Å². The quantitative estimate of drug-likeness (QED) is 0.876. The lowest BCUT2D eigenvalue weighted by molar-refractivity contribution is 0.0777. The maximum absolute atomic E-state index is 12.0. The molecule has 92 valence electrons. The number of rotatable bonds is 3. The molecule has 0 saturated heterocycles. The number of hydrogen-bond acceptors (Lipinski definition) is 3. The number of amides is 1. The molecule has 0 atom stereocenters. The van der Waals surface area contributed by atoms with Crippen molar-refractivity contribution < 1.29 is 4.79 Å². The molecule has 2 aromatic heterocycles. The van der Waals surface area contributed by atoms with Crippen LogP contribution in [0.15, 0.2) is 47.4 Å². The minimum absolute atomic E-state index is 0.238. The van der Waals surface area contributed by atoms with Crippen LogP contribution in [0.2, 0.25) is 0 Å². The standard InChI is InChI=1S/C13H13N3O2/c1-16(9-10-5-2-3-8-14-10)13(18)11-6-4-7-12(17)15-11/h2-8H,9H2,1H3,(H,15,17). The van der Waals surface area contributed by atoms with E-state index in [-0.39, 0.29) is 17.2 Å². The van der Waals surface area contributed by atoms with E-state index in [9.17, 15) is 9.59 Å². The molecule has 5 heteroatoms. The zero-order valence-corrected chi connectivity index (χ0v) is 9.96. The van der Waals surface area contributed by atoms with Crippen LogP contribution >= 0.6 is 0 Å². The number of carbonyl (C=O) groups excluding carboxylic acids is 1. The van der Waals surface area contributed by atoms with Crippen molar-refractivity contribution in [3.8, 4) is 0 Å². The number of nitrogens with zero attached hydrogens (tertiary/aromatic N) is 2. The molecule has 2 heterocycles. The van der Waals surface area contributed by atoms with Gasteiger partial charge >= 0.3 is 0 Å². The number of aromatic nitrogens is 2. The number of nitrogens with one attached hydrogen (secondary N) is 1. The van der Waals surface area contributed by atoms with Crippen LogP contribution < -0.4 is 5.56 Å². The molecule has 18 heavy (non-hydrogen) atoms. The van der Waals surface area contributed by atoms with Gasteiger partial charge in [-0.05, 0) is 18.2 Å². The molecule has 1 N–H and O–H groups in total. The van der Waals surface area contributed by atoms with Gasteiger partial charge in [-0.3, -0.25) is 14.6 Å². The number of carbonyl (C=O) groups is 1. The van der Waals surface area contributed by atoms with Gasteiger partial charge in [-0.15, -0.1) is 0 Å². The van der Waals surface area contributed by atoms with Crippen molar-refractivity contribution in [2.75, 3.05) is 7.05 Å². The fourth-order valence-corrected chi connectivity index (χ4v) is 1.58. The van der Waals surface area contributed by atoms with E-state index in [1.54, 1.807) is 25.4 Å². The fourth-order valence-electron chi connectivity index (χ4n) is 1.58. The van der Waals surface area contributed by atoms with Crippen molar-refractivity contribution in [3.63, 3.8) is 0 Å². The van der Waals surface area contributed by atoms with Crippen molar-refractivity contribution in [3.05, 3.63) is 64.3 Å². The van der Waals surface area contributed by atoms with Crippen LogP contribution in [0.3, 0.4) is 0 Å². The summed E-state index contributed by atoms with van der Waals surface area (Å²) in [6, 6.07) is 10.0. The van der Waals surface area contributed by atoms with Gasteiger partial charge in [-0.1, -0.05) is 12.1 Å². The smallest absolute Gasteiger partial charge is 0.270 e. The van der Waals surface area contributed by atoms with E-state index in [1.165, 1.54) is 11.0 Å². The van der Waals surface area contributed by atoms with Crippen LogP contribution in [0.1, 0.15) is 16.2 Å². The number of aromatic amines is 1. The second-order valence-electron chi connectivity index (χ2n) is 3.91. The SMILES string of the molecule is CN(Cc1ccccn1)C(=O)c1cccc(=O)[nH]1. The predicted molar refractivity (Wildman–Crippen MR) is 67.1 cm³/mol. The summed E-state index contributed by atoms with van der Waals surface area (Å²) in [7, 11) is 1.67. The van der Waals surface area contributed by atoms with Crippen LogP contribution in [0.5, 0.6) is 0 Å². The maximum atomic E-state index is 12.0. The topological polar surface area (TPSA) is 66.1 Å². The first kappa shape index (κ1) is 12.0. The molecule has 0 spiro atoms.